The number of H-pyrrole nitrogens is 1. The molecule has 1 aromatic rings. The highest BCUT2D eigenvalue weighted by molar-refractivity contribution is 5.03. The standard InChI is InChI=1S/C10H18N4/c1-8-6-14(7-10(8)11)3-2-9-4-12-13-5-9/h4-5,8,10H,2-3,6-7,11H2,1H3,(H,12,13). The third-order valence-electron chi connectivity index (χ3n) is 3.02. The fourth-order valence-electron chi connectivity index (χ4n) is 1.98. The molecule has 2 rings (SSSR count). The lowest BCUT2D eigenvalue weighted by molar-refractivity contribution is 0.331. The van der Waals surface area contributed by atoms with Gasteiger partial charge in [-0.1, -0.05) is 6.92 Å². The number of nitrogens with two attached hydrogens (primary N) is 1. The van der Waals surface area contributed by atoms with Crippen LogP contribution in [0.25, 0.3) is 0 Å². The van der Waals surface area contributed by atoms with Crippen LogP contribution in [-0.4, -0.2) is 40.8 Å². The van der Waals surface area contributed by atoms with E-state index in [1.54, 1.807) is 0 Å². The van der Waals surface area contributed by atoms with E-state index in [1.807, 2.05) is 12.4 Å². The van der Waals surface area contributed by atoms with Gasteiger partial charge in [0.1, 0.15) is 0 Å². The molecule has 1 aromatic heterocycles. The smallest absolute Gasteiger partial charge is 0.0519 e. The van der Waals surface area contributed by atoms with E-state index in [9.17, 15) is 0 Å². The third kappa shape index (κ3) is 2.13. The first kappa shape index (κ1) is 9.68. The van der Waals surface area contributed by atoms with Gasteiger partial charge < -0.3 is 10.6 Å². The van der Waals surface area contributed by atoms with Crippen molar-refractivity contribution < 1.29 is 0 Å². The molecular formula is C10H18N4. The zero-order valence-corrected chi connectivity index (χ0v) is 8.61. The second kappa shape index (κ2) is 4.11. The van der Waals surface area contributed by atoms with Gasteiger partial charge in [0.05, 0.1) is 6.20 Å². The molecule has 78 valence electrons. The van der Waals surface area contributed by atoms with E-state index in [2.05, 4.69) is 22.0 Å². The van der Waals surface area contributed by atoms with Crippen LogP contribution in [0.15, 0.2) is 12.4 Å². The van der Waals surface area contributed by atoms with Gasteiger partial charge in [0.2, 0.25) is 0 Å². The summed E-state index contributed by atoms with van der Waals surface area (Å²) in [6.45, 7) is 5.50. The van der Waals surface area contributed by atoms with Crippen LogP contribution in [-0.2, 0) is 6.42 Å². The van der Waals surface area contributed by atoms with Crippen LogP contribution in [0.1, 0.15) is 12.5 Å². The SMILES string of the molecule is CC1CN(CCc2cn[nH]c2)CC1N. The summed E-state index contributed by atoms with van der Waals surface area (Å²) >= 11 is 0. The topological polar surface area (TPSA) is 57.9 Å². The number of nitrogens with zero attached hydrogens (tertiary/aromatic N) is 2. The van der Waals surface area contributed by atoms with Gasteiger partial charge >= 0.3 is 0 Å². The lowest BCUT2D eigenvalue weighted by Crippen LogP contribution is -2.29. The molecule has 3 N–H and O–H groups in total. The van der Waals surface area contributed by atoms with Crippen LogP contribution in [0.4, 0.5) is 0 Å². The lowest BCUT2D eigenvalue weighted by Gasteiger charge is -2.13. The average Bonchev–Trinajstić information content (AvgIpc) is 2.74. The van der Waals surface area contributed by atoms with Crippen LogP contribution in [0.3, 0.4) is 0 Å². The minimum absolute atomic E-state index is 0.361. The van der Waals surface area contributed by atoms with Gasteiger partial charge in [-0.2, -0.15) is 5.10 Å². The molecule has 0 aliphatic carbocycles. The highest BCUT2D eigenvalue weighted by Gasteiger charge is 2.25. The average molecular weight is 194 g/mol. The van der Waals surface area contributed by atoms with Crippen LogP contribution in [0.2, 0.25) is 0 Å². The second-order valence-corrected chi connectivity index (χ2v) is 4.26. The van der Waals surface area contributed by atoms with Crippen molar-refractivity contribution in [3.63, 3.8) is 0 Å². The second-order valence-electron chi connectivity index (χ2n) is 4.26. The molecule has 0 spiro atoms. The van der Waals surface area contributed by atoms with Gasteiger partial charge in [-0.05, 0) is 17.9 Å². The Kier molecular flexibility index (Phi) is 2.84. The summed E-state index contributed by atoms with van der Waals surface area (Å²) in [6, 6.07) is 0.361. The molecule has 1 fully saturated rings. The van der Waals surface area contributed by atoms with Crippen molar-refractivity contribution in [3.8, 4) is 0 Å². The van der Waals surface area contributed by atoms with E-state index >= 15 is 0 Å². The minimum Gasteiger partial charge on any atom is -0.326 e. The Morgan fingerprint density at radius 2 is 2.50 bits per heavy atom. The highest BCUT2D eigenvalue weighted by atomic mass is 15.2. The van der Waals surface area contributed by atoms with Gasteiger partial charge in [0.15, 0.2) is 0 Å². The van der Waals surface area contributed by atoms with Gasteiger partial charge in [0, 0.05) is 31.9 Å². The molecule has 1 saturated heterocycles. The van der Waals surface area contributed by atoms with Crippen molar-refractivity contribution >= 4 is 0 Å². The van der Waals surface area contributed by atoms with Crippen LogP contribution >= 0.6 is 0 Å². The third-order valence-corrected chi connectivity index (χ3v) is 3.02. The molecular weight excluding hydrogens is 176 g/mol. The molecule has 0 bridgehead atoms. The summed E-state index contributed by atoms with van der Waals surface area (Å²) in [5, 5.41) is 6.76. The monoisotopic (exact) mass is 194 g/mol. The first-order valence-electron chi connectivity index (χ1n) is 5.21. The van der Waals surface area contributed by atoms with Crippen molar-refractivity contribution in [1.82, 2.24) is 15.1 Å². The molecule has 4 nitrogen and oxygen atoms in total. The molecule has 1 aliphatic heterocycles. The Morgan fingerprint density at radius 1 is 1.64 bits per heavy atom. The van der Waals surface area contributed by atoms with Crippen LogP contribution in [0.5, 0.6) is 0 Å². The quantitative estimate of drug-likeness (QED) is 0.724. The summed E-state index contributed by atoms with van der Waals surface area (Å²) in [5.74, 6) is 0.638. The van der Waals surface area contributed by atoms with Gasteiger partial charge in [-0.3, -0.25) is 5.10 Å². The van der Waals surface area contributed by atoms with E-state index in [4.69, 9.17) is 5.73 Å². The zero-order valence-electron chi connectivity index (χ0n) is 8.61. The molecule has 2 heterocycles. The molecule has 2 atom stereocenters. The maximum Gasteiger partial charge on any atom is 0.0519 e. The van der Waals surface area contributed by atoms with Crippen LogP contribution < -0.4 is 5.73 Å². The van der Waals surface area contributed by atoms with E-state index in [0.717, 1.165) is 26.1 Å². The van der Waals surface area contributed by atoms with Gasteiger partial charge in [-0.15, -0.1) is 0 Å². The van der Waals surface area contributed by atoms with Crippen molar-refractivity contribution in [3.05, 3.63) is 18.0 Å². The normalized spacial score (nSPS) is 28.4. The summed E-state index contributed by atoms with van der Waals surface area (Å²) in [5.41, 5.74) is 7.23. The highest BCUT2D eigenvalue weighted by Crippen LogP contribution is 2.14. The molecule has 0 aromatic carbocycles. The first-order valence-corrected chi connectivity index (χ1v) is 5.21. The summed E-state index contributed by atoms with van der Waals surface area (Å²) in [6.07, 6.45) is 4.91. The Morgan fingerprint density at radius 3 is 3.07 bits per heavy atom. The Labute approximate surface area is 84.5 Å². The van der Waals surface area contributed by atoms with Crippen molar-refractivity contribution in [1.29, 1.82) is 0 Å². The van der Waals surface area contributed by atoms with E-state index < -0.39 is 0 Å². The van der Waals surface area contributed by atoms with Gasteiger partial charge in [-0.25, -0.2) is 0 Å². The molecule has 2 unspecified atom stereocenters. The fourth-order valence-corrected chi connectivity index (χ4v) is 1.98. The molecule has 1 aliphatic rings. The maximum atomic E-state index is 5.96. The van der Waals surface area contributed by atoms with E-state index in [1.165, 1.54) is 5.56 Å². The number of hydrogen-bond acceptors (Lipinski definition) is 3. The summed E-state index contributed by atoms with van der Waals surface area (Å²) in [4.78, 5) is 2.43. The number of aromatic nitrogens is 2. The number of nitrogens with one attached hydrogen (secondary N) is 1. The summed E-state index contributed by atoms with van der Waals surface area (Å²) in [7, 11) is 0. The zero-order chi connectivity index (χ0) is 9.97. The maximum absolute atomic E-state index is 5.96. The number of aromatic amines is 1. The molecule has 0 saturated carbocycles. The van der Waals surface area contributed by atoms with Crippen molar-refractivity contribution in [2.45, 2.75) is 19.4 Å². The Balaban J connectivity index is 1.77. The Bertz CT molecular complexity index is 260. The van der Waals surface area contributed by atoms with E-state index in [-0.39, 0.29) is 0 Å². The van der Waals surface area contributed by atoms with E-state index in [0.29, 0.717) is 12.0 Å². The number of rotatable bonds is 3. The van der Waals surface area contributed by atoms with Crippen molar-refractivity contribution in [2.24, 2.45) is 11.7 Å². The molecule has 0 radical (unpaired) electrons. The minimum atomic E-state index is 0.361. The predicted molar refractivity (Wildman–Crippen MR) is 55.9 cm³/mol. The van der Waals surface area contributed by atoms with Crippen molar-refractivity contribution in [2.75, 3.05) is 19.6 Å². The Hall–Kier alpha value is -0.870. The first-order chi connectivity index (χ1) is 6.75. The largest absolute Gasteiger partial charge is 0.326 e. The molecule has 14 heavy (non-hydrogen) atoms. The lowest BCUT2D eigenvalue weighted by atomic mass is 10.1. The predicted octanol–water partition coefficient (Wildman–Crippen LogP) is 0.231. The van der Waals surface area contributed by atoms with Crippen LogP contribution in [0, 0.1) is 5.92 Å². The molecule has 0 amide bonds. The molecule has 4 heteroatoms. The fraction of sp³-hybridized carbons (Fsp3) is 0.700. The number of hydrogen-bond donors (Lipinski definition) is 2. The number of likely N-dealkylation sites (tertiary alicyclic amines) is 1. The van der Waals surface area contributed by atoms with Gasteiger partial charge in [0.25, 0.3) is 0 Å². The summed E-state index contributed by atoms with van der Waals surface area (Å²) < 4.78 is 0.